The van der Waals surface area contributed by atoms with E-state index in [-0.39, 0.29) is 5.56 Å². The fourth-order valence-electron chi connectivity index (χ4n) is 2.05. The molecule has 0 atom stereocenters. The van der Waals surface area contributed by atoms with E-state index in [0.29, 0.717) is 17.5 Å². The van der Waals surface area contributed by atoms with Crippen LogP contribution in [-0.2, 0) is 0 Å². The molecule has 0 amide bonds. The number of anilines is 1. The first-order chi connectivity index (χ1) is 8.79. The lowest BCUT2D eigenvalue weighted by Gasteiger charge is -2.28. The van der Waals surface area contributed by atoms with Gasteiger partial charge in [-0.25, -0.2) is 9.18 Å². The SMILES string of the molecule is CC(C)CN(CC(C)C)c1cc(F)cc(C(=O)O)c1. The summed E-state index contributed by atoms with van der Waals surface area (Å²) in [5, 5.41) is 8.99. The predicted molar refractivity (Wildman–Crippen MR) is 75.2 cm³/mol. The largest absolute Gasteiger partial charge is 0.478 e. The van der Waals surface area contributed by atoms with Gasteiger partial charge in [0.25, 0.3) is 0 Å². The lowest BCUT2D eigenvalue weighted by Crippen LogP contribution is -2.31. The molecule has 0 unspecified atom stereocenters. The summed E-state index contributed by atoms with van der Waals surface area (Å²) in [6, 6.07) is 3.99. The molecular formula is C15H22FNO2. The van der Waals surface area contributed by atoms with Crippen LogP contribution in [-0.4, -0.2) is 24.2 Å². The smallest absolute Gasteiger partial charge is 0.335 e. The van der Waals surface area contributed by atoms with E-state index in [1.54, 1.807) is 0 Å². The summed E-state index contributed by atoms with van der Waals surface area (Å²) < 4.78 is 13.5. The third-order valence-corrected chi connectivity index (χ3v) is 2.67. The molecule has 4 heteroatoms. The number of rotatable bonds is 6. The van der Waals surface area contributed by atoms with Crippen LogP contribution in [0.4, 0.5) is 10.1 Å². The molecule has 0 aromatic heterocycles. The number of halogens is 1. The van der Waals surface area contributed by atoms with Crippen LogP contribution in [0.15, 0.2) is 18.2 Å². The maximum atomic E-state index is 13.5. The summed E-state index contributed by atoms with van der Waals surface area (Å²) in [4.78, 5) is 13.0. The predicted octanol–water partition coefficient (Wildman–Crippen LogP) is 3.64. The zero-order valence-electron chi connectivity index (χ0n) is 12.0. The highest BCUT2D eigenvalue weighted by atomic mass is 19.1. The van der Waals surface area contributed by atoms with Crippen LogP contribution in [0, 0.1) is 17.7 Å². The van der Waals surface area contributed by atoms with E-state index in [1.165, 1.54) is 12.1 Å². The van der Waals surface area contributed by atoms with E-state index >= 15 is 0 Å². The quantitative estimate of drug-likeness (QED) is 0.855. The molecule has 0 bridgehead atoms. The van der Waals surface area contributed by atoms with Gasteiger partial charge >= 0.3 is 5.97 Å². The van der Waals surface area contributed by atoms with Crippen LogP contribution in [0.25, 0.3) is 0 Å². The van der Waals surface area contributed by atoms with Crippen molar-refractivity contribution in [3.63, 3.8) is 0 Å². The third kappa shape index (κ3) is 4.89. The van der Waals surface area contributed by atoms with Gasteiger partial charge in [0.2, 0.25) is 0 Å². The second-order valence-electron chi connectivity index (χ2n) is 5.70. The van der Waals surface area contributed by atoms with Crippen molar-refractivity contribution in [2.45, 2.75) is 27.7 Å². The molecule has 0 heterocycles. The molecule has 0 saturated carbocycles. The molecule has 0 saturated heterocycles. The standard InChI is InChI=1S/C15H22FNO2/c1-10(2)8-17(9-11(3)4)14-6-12(15(18)19)5-13(16)7-14/h5-7,10-11H,8-9H2,1-4H3,(H,18,19). The first-order valence-electron chi connectivity index (χ1n) is 6.58. The highest BCUT2D eigenvalue weighted by Gasteiger charge is 2.14. The molecule has 1 aromatic carbocycles. The van der Waals surface area contributed by atoms with Crippen LogP contribution in [0.1, 0.15) is 38.1 Å². The highest BCUT2D eigenvalue weighted by Crippen LogP contribution is 2.21. The normalized spacial score (nSPS) is 11.1. The van der Waals surface area contributed by atoms with Gasteiger partial charge in [-0.2, -0.15) is 0 Å². The summed E-state index contributed by atoms with van der Waals surface area (Å²) in [6.45, 7) is 9.91. The van der Waals surface area contributed by atoms with Crippen molar-refractivity contribution in [1.29, 1.82) is 0 Å². The van der Waals surface area contributed by atoms with Crippen LogP contribution >= 0.6 is 0 Å². The summed E-state index contributed by atoms with van der Waals surface area (Å²) in [5.74, 6) is -0.757. The fourth-order valence-corrected chi connectivity index (χ4v) is 2.05. The van der Waals surface area contributed by atoms with Crippen molar-refractivity contribution in [3.05, 3.63) is 29.6 Å². The molecule has 0 spiro atoms. The number of aromatic carboxylic acids is 1. The molecule has 0 aliphatic rings. The molecule has 3 nitrogen and oxygen atoms in total. The van der Waals surface area contributed by atoms with E-state index in [4.69, 9.17) is 5.11 Å². The zero-order chi connectivity index (χ0) is 14.6. The van der Waals surface area contributed by atoms with E-state index in [0.717, 1.165) is 19.2 Å². The van der Waals surface area contributed by atoms with E-state index < -0.39 is 11.8 Å². The summed E-state index contributed by atoms with van der Waals surface area (Å²) >= 11 is 0. The number of nitrogens with zero attached hydrogens (tertiary/aromatic N) is 1. The van der Waals surface area contributed by atoms with Crippen LogP contribution < -0.4 is 4.90 Å². The maximum Gasteiger partial charge on any atom is 0.335 e. The number of benzene rings is 1. The van der Waals surface area contributed by atoms with Gasteiger partial charge in [0.15, 0.2) is 0 Å². The Bertz CT molecular complexity index is 434. The van der Waals surface area contributed by atoms with Crippen molar-refractivity contribution in [3.8, 4) is 0 Å². The van der Waals surface area contributed by atoms with Crippen molar-refractivity contribution in [1.82, 2.24) is 0 Å². The van der Waals surface area contributed by atoms with Gasteiger partial charge in [-0.1, -0.05) is 27.7 Å². The topological polar surface area (TPSA) is 40.5 Å². The van der Waals surface area contributed by atoms with Gasteiger partial charge in [0.05, 0.1) is 5.56 Å². The molecule has 0 aliphatic carbocycles. The molecule has 1 aromatic rings. The Kier molecular flexibility index (Phi) is 5.33. The second kappa shape index (κ2) is 6.55. The van der Waals surface area contributed by atoms with Gasteiger partial charge in [0, 0.05) is 18.8 Å². The lowest BCUT2D eigenvalue weighted by molar-refractivity contribution is 0.0696. The average molecular weight is 267 g/mol. The maximum absolute atomic E-state index is 13.5. The Morgan fingerprint density at radius 2 is 1.68 bits per heavy atom. The molecule has 0 radical (unpaired) electrons. The molecule has 19 heavy (non-hydrogen) atoms. The Balaban J connectivity index is 3.09. The van der Waals surface area contributed by atoms with E-state index in [1.807, 2.05) is 4.90 Å². The highest BCUT2D eigenvalue weighted by molar-refractivity contribution is 5.88. The van der Waals surface area contributed by atoms with Crippen LogP contribution in [0.3, 0.4) is 0 Å². The Morgan fingerprint density at radius 3 is 2.11 bits per heavy atom. The summed E-state index contributed by atoms with van der Waals surface area (Å²) in [5.41, 5.74) is 0.632. The molecule has 0 fully saturated rings. The average Bonchev–Trinajstić information content (AvgIpc) is 2.25. The Labute approximate surface area is 114 Å². The first kappa shape index (κ1) is 15.5. The monoisotopic (exact) mass is 267 g/mol. The molecule has 0 aliphatic heterocycles. The lowest BCUT2D eigenvalue weighted by atomic mass is 10.1. The number of hydrogen-bond acceptors (Lipinski definition) is 2. The van der Waals surface area contributed by atoms with E-state index in [9.17, 15) is 9.18 Å². The number of carbonyl (C=O) groups is 1. The van der Waals surface area contributed by atoms with Crippen LogP contribution in [0.5, 0.6) is 0 Å². The van der Waals surface area contributed by atoms with Crippen molar-refractivity contribution in [2.24, 2.45) is 11.8 Å². The molecule has 1 rings (SSSR count). The van der Waals surface area contributed by atoms with Crippen molar-refractivity contribution < 1.29 is 14.3 Å². The van der Waals surface area contributed by atoms with E-state index in [2.05, 4.69) is 27.7 Å². The molecule has 1 N–H and O–H groups in total. The van der Waals surface area contributed by atoms with Gasteiger partial charge in [-0.15, -0.1) is 0 Å². The number of carboxylic acids is 1. The third-order valence-electron chi connectivity index (χ3n) is 2.67. The Hall–Kier alpha value is -1.58. The summed E-state index contributed by atoms with van der Waals surface area (Å²) in [6.07, 6.45) is 0. The molecular weight excluding hydrogens is 245 g/mol. The summed E-state index contributed by atoms with van der Waals surface area (Å²) in [7, 11) is 0. The van der Waals surface area contributed by atoms with Gasteiger partial charge in [0.1, 0.15) is 5.82 Å². The zero-order valence-corrected chi connectivity index (χ0v) is 12.0. The first-order valence-corrected chi connectivity index (χ1v) is 6.58. The molecule has 106 valence electrons. The minimum Gasteiger partial charge on any atom is -0.478 e. The number of hydrogen-bond donors (Lipinski definition) is 1. The van der Waals surface area contributed by atoms with Crippen LogP contribution in [0.2, 0.25) is 0 Å². The van der Waals surface area contributed by atoms with Crippen molar-refractivity contribution >= 4 is 11.7 Å². The second-order valence-corrected chi connectivity index (χ2v) is 5.70. The van der Waals surface area contributed by atoms with Gasteiger partial charge in [-0.3, -0.25) is 0 Å². The minimum absolute atomic E-state index is 0.00693. The fraction of sp³-hybridized carbons (Fsp3) is 0.533. The van der Waals surface area contributed by atoms with Gasteiger partial charge < -0.3 is 10.0 Å². The minimum atomic E-state index is -1.10. The Morgan fingerprint density at radius 1 is 1.16 bits per heavy atom. The number of carboxylic acid groups (broad SMARTS) is 1. The van der Waals surface area contributed by atoms with Gasteiger partial charge in [-0.05, 0) is 30.0 Å². The van der Waals surface area contributed by atoms with Crippen molar-refractivity contribution in [2.75, 3.05) is 18.0 Å².